The van der Waals surface area contributed by atoms with E-state index < -0.39 is 6.04 Å². The predicted molar refractivity (Wildman–Crippen MR) is 79.7 cm³/mol. The molecule has 0 bridgehead atoms. The molecule has 0 radical (unpaired) electrons. The average molecular weight is 308 g/mol. The summed E-state index contributed by atoms with van der Waals surface area (Å²) < 4.78 is 4.89. The normalized spacial score (nSPS) is 19.9. The molecule has 7 heteroatoms. The zero-order valence-corrected chi connectivity index (χ0v) is 13.1. The summed E-state index contributed by atoms with van der Waals surface area (Å²) in [6.45, 7) is 4.05. The Hall–Kier alpha value is -0.850. The first-order valence-electron chi connectivity index (χ1n) is 6.91. The SMILES string of the molecule is CCCNC(=O)C1CCCN(C(=O)C(N)COC)C1.Cl. The number of nitrogens with one attached hydrogen (secondary N) is 1. The van der Waals surface area contributed by atoms with Gasteiger partial charge in [-0.1, -0.05) is 6.92 Å². The Balaban J connectivity index is 0.00000361. The fourth-order valence-electron chi connectivity index (χ4n) is 2.27. The molecule has 1 aliphatic heterocycles. The van der Waals surface area contributed by atoms with E-state index in [1.54, 1.807) is 4.90 Å². The maximum absolute atomic E-state index is 12.1. The zero-order valence-electron chi connectivity index (χ0n) is 12.3. The van der Waals surface area contributed by atoms with Gasteiger partial charge in [0.05, 0.1) is 12.5 Å². The third-order valence-electron chi connectivity index (χ3n) is 3.32. The van der Waals surface area contributed by atoms with Gasteiger partial charge in [0.1, 0.15) is 6.04 Å². The Morgan fingerprint density at radius 1 is 1.50 bits per heavy atom. The van der Waals surface area contributed by atoms with Crippen molar-refractivity contribution in [3.05, 3.63) is 0 Å². The summed E-state index contributed by atoms with van der Waals surface area (Å²) in [5, 5.41) is 2.88. The summed E-state index contributed by atoms with van der Waals surface area (Å²) in [6, 6.07) is -0.637. The van der Waals surface area contributed by atoms with Crippen LogP contribution < -0.4 is 11.1 Å². The van der Waals surface area contributed by atoms with Crippen molar-refractivity contribution in [2.24, 2.45) is 11.7 Å². The minimum atomic E-state index is -0.637. The number of halogens is 1. The third kappa shape index (κ3) is 5.64. The van der Waals surface area contributed by atoms with Crippen LogP contribution in [0.5, 0.6) is 0 Å². The second-order valence-corrected chi connectivity index (χ2v) is 4.98. The molecule has 2 amide bonds. The van der Waals surface area contributed by atoms with Crippen molar-refractivity contribution in [2.75, 3.05) is 33.4 Å². The Bertz CT molecular complexity index is 315. The molecule has 1 rings (SSSR count). The minimum Gasteiger partial charge on any atom is -0.383 e. The summed E-state index contributed by atoms with van der Waals surface area (Å²) in [6.07, 6.45) is 2.59. The molecular formula is C13H26ClN3O3. The van der Waals surface area contributed by atoms with Crippen LogP contribution in [-0.2, 0) is 14.3 Å². The molecule has 3 N–H and O–H groups in total. The second kappa shape index (κ2) is 9.96. The molecule has 1 saturated heterocycles. The first-order valence-corrected chi connectivity index (χ1v) is 6.91. The number of ether oxygens (including phenoxy) is 1. The molecule has 0 spiro atoms. The molecule has 20 heavy (non-hydrogen) atoms. The zero-order chi connectivity index (χ0) is 14.3. The highest BCUT2D eigenvalue weighted by Crippen LogP contribution is 2.17. The summed E-state index contributed by atoms with van der Waals surface area (Å²) in [4.78, 5) is 25.7. The molecule has 1 heterocycles. The van der Waals surface area contributed by atoms with Crippen molar-refractivity contribution in [1.82, 2.24) is 10.2 Å². The standard InChI is InChI=1S/C13H25N3O3.ClH/c1-3-6-15-12(17)10-5-4-7-16(8-10)13(18)11(14)9-19-2;/h10-11H,3-9,14H2,1-2H3,(H,15,17);1H. The van der Waals surface area contributed by atoms with Crippen LogP contribution in [0.1, 0.15) is 26.2 Å². The van der Waals surface area contributed by atoms with Gasteiger partial charge >= 0.3 is 0 Å². The van der Waals surface area contributed by atoms with Gasteiger partial charge in [0.15, 0.2) is 0 Å². The lowest BCUT2D eigenvalue weighted by molar-refractivity contribution is -0.137. The van der Waals surface area contributed by atoms with Crippen LogP contribution in [0, 0.1) is 5.92 Å². The largest absolute Gasteiger partial charge is 0.383 e. The van der Waals surface area contributed by atoms with Gasteiger partial charge in [-0.05, 0) is 19.3 Å². The number of hydrogen-bond acceptors (Lipinski definition) is 4. The van der Waals surface area contributed by atoms with Crippen LogP contribution >= 0.6 is 12.4 Å². The van der Waals surface area contributed by atoms with Crippen molar-refractivity contribution in [1.29, 1.82) is 0 Å². The Morgan fingerprint density at radius 3 is 2.80 bits per heavy atom. The molecule has 0 aromatic carbocycles. The van der Waals surface area contributed by atoms with Gasteiger partial charge in [0, 0.05) is 26.7 Å². The topological polar surface area (TPSA) is 84.7 Å². The minimum absolute atomic E-state index is 0. The molecule has 1 fully saturated rings. The van der Waals surface area contributed by atoms with Crippen LogP contribution in [0.25, 0.3) is 0 Å². The number of carbonyl (C=O) groups excluding carboxylic acids is 2. The van der Waals surface area contributed by atoms with E-state index in [9.17, 15) is 9.59 Å². The number of nitrogens with two attached hydrogens (primary N) is 1. The Kier molecular flexibility index (Phi) is 9.54. The maximum atomic E-state index is 12.1. The monoisotopic (exact) mass is 307 g/mol. The van der Waals surface area contributed by atoms with Gasteiger partial charge in [0.2, 0.25) is 11.8 Å². The van der Waals surface area contributed by atoms with Crippen molar-refractivity contribution < 1.29 is 14.3 Å². The molecule has 1 aliphatic rings. The Labute approximate surface area is 126 Å². The summed E-state index contributed by atoms with van der Waals surface area (Å²) in [7, 11) is 1.52. The number of methoxy groups -OCH3 is 1. The van der Waals surface area contributed by atoms with Crippen LogP contribution in [-0.4, -0.2) is 56.1 Å². The van der Waals surface area contributed by atoms with E-state index in [0.717, 1.165) is 19.3 Å². The lowest BCUT2D eigenvalue weighted by Crippen LogP contribution is -2.51. The molecule has 0 aromatic heterocycles. The highest BCUT2D eigenvalue weighted by molar-refractivity contribution is 5.85. The van der Waals surface area contributed by atoms with E-state index in [1.807, 2.05) is 6.92 Å². The average Bonchev–Trinajstić information content (AvgIpc) is 2.44. The van der Waals surface area contributed by atoms with Crippen molar-refractivity contribution in [3.8, 4) is 0 Å². The molecule has 6 nitrogen and oxygen atoms in total. The number of rotatable bonds is 6. The molecule has 2 atom stereocenters. The highest BCUT2D eigenvalue weighted by Gasteiger charge is 2.30. The number of carbonyl (C=O) groups is 2. The number of nitrogens with zero attached hydrogens (tertiary/aromatic N) is 1. The van der Waals surface area contributed by atoms with Crippen LogP contribution in [0.15, 0.2) is 0 Å². The van der Waals surface area contributed by atoms with Crippen LogP contribution in [0.3, 0.4) is 0 Å². The Morgan fingerprint density at radius 2 is 2.20 bits per heavy atom. The fraction of sp³-hybridized carbons (Fsp3) is 0.846. The molecule has 0 aliphatic carbocycles. The van der Waals surface area contributed by atoms with Crippen LogP contribution in [0.2, 0.25) is 0 Å². The maximum Gasteiger partial charge on any atom is 0.241 e. The number of piperidine rings is 1. The highest BCUT2D eigenvalue weighted by atomic mass is 35.5. The summed E-state index contributed by atoms with van der Waals surface area (Å²) in [5.41, 5.74) is 5.74. The van der Waals surface area contributed by atoms with Gasteiger partial charge in [-0.25, -0.2) is 0 Å². The van der Waals surface area contributed by atoms with Crippen molar-refractivity contribution in [2.45, 2.75) is 32.2 Å². The molecule has 2 unspecified atom stereocenters. The van der Waals surface area contributed by atoms with E-state index in [2.05, 4.69) is 5.32 Å². The molecular weight excluding hydrogens is 282 g/mol. The third-order valence-corrected chi connectivity index (χ3v) is 3.32. The lowest BCUT2D eigenvalue weighted by Gasteiger charge is -2.33. The van der Waals surface area contributed by atoms with Crippen molar-refractivity contribution in [3.63, 3.8) is 0 Å². The molecule has 118 valence electrons. The van der Waals surface area contributed by atoms with Gasteiger partial charge in [-0.3, -0.25) is 9.59 Å². The number of hydrogen-bond donors (Lipinski definition) is 2. The van der Waals surface area contributed by atoms with E-state index >= 15 is 0 Å². The number of likely N-dealkylation sites (tertiary alicyclic amines) is 1. The van der Waals surface area contributed by atoms with Gasteiger partial charge in [-0.15, -0.1) is 12.4 Å². The van der Waals surface area contributed by atoms with E-state index in [-0.39, 0.29) is 36.7 Å². The van der Waals surface area contributed by atoms with Crippen LogP contribution in [0.4, 0.5) is 0 Å². The predicted octanol–water partition coefficient (Wildman–Crippen LogP) is 0.147. The first-order chi connectivity index (χ1) is 9.10. The molecule has 0 aromatic rings. The first kappa shape index (κ1) is 19.1. The van der Waals surface area contributed by atoms with Gasteiger partial charge in [0.25, 0.3) is 0 Å². The fourth-order valence-corrected chi connectivity index (χ4v) is 2.27. The summed E-state index contributed by atoms with van der Waals surface area (Å²) >= 11 is 0. The van der Waals surface area contributed by atoms with Gasteiger partial charge in [-0.2, -0.15) is 0 Å². The summed E-state index contributed by atoms with van der Waals surface area (Å²) in [5.74, 6) is -0.200. The second-order valence-electron chi connectivity index (χ2n) is 4.98. The molecule has 0 saturated carbocycles. The quantitative estimate of drug-likeness (QED) is 0.731. The lowest BCUT2D eigenvalue weighted by atomic mass is 9.96. The van der Waals surface area contributed by atoms with E-state index in [0.29, 0.717) is 19.6 Å². The van der Waals surface area contributed by atoms with E-state index in [4.69, 9.17) is 10.5 Å². The number of amides is 2. The van der Waals surface area contributed by atoms with Crippen molar-refractivity contribution >= 4 is 24.2 Å². The smallest absolute Gasteiger partial charge is 0.241 e. The van der Waals surface area contributed by atoms with E-state index in [1.165, 1.54) is 7.11 Å². The van der Waals surface area contributed by atoms with Gasteiger partial charge < -0.3 is 20.7 Å².